The van der Waals surface area contributed by atoms with Gasteiger partial charge in [-0.25, -0.2) is 4.98 Å². The van der Waals surface area contributed by atoms with Gasteiger partial charge in [-0.05, 0) is 49.8 Å². The van der Waals surface area contributed by atoms with Crippen molar-refractivity contribution in [2.24, 2.45) is 5.92 Å². The van der Waals surface area contributed by atoms with Crippen LogP contribution in [0.5, 0.6) is 0 Å². The van der Waals surface area contributed by atoms with Gasteiger partial charge in [0.15, 0.2) is 0 Å². The van der Waals surface area contributed by atoms with E-state index in [0.29, 0.717) is 18.4 Å². The lowest BCUT2D eigenvalue weighted by molar-refractivity contribution is 0.0682. The molecule has 0 spiro atoms. The van der Waals surface area contributed by atoms with Crippen LogP contribution < -0.4 is 5.56 Å². The second-order valence-corrected chi connectivity index (χ2v) is 8.08. The monoisotopic (exact) mass is 376 g/mol. The third kappa shape index (κ3) is 3.35. The average Bonchev–Trinajstić information content (AvgIpc) is 3.48. The number of likely N-dealkylation sites (tertiary alicyclic amines) is 1. The Morgan fingerprint density at radius 1 is 1.11 bits per heavy atom. The van der Waals surface area contributed by atoms with E-state index in [0.717, 1.165) is 55.5 Å². The summed E-state index contributed by atoms with van der Waals surface area (Å²) >= 11 is 0. The van der Waals surface area contributed by atoms with Crippen molar-refractivity contribution in [2.45, 2.75) is 38.1 Å². The van der Waals surface area contributed by atoms with E-state index in [2.05, 4.69) is 4.98 Å². The number of hydrogen-bond donors (Lipinski definition) is 0. The highest BCUT2D eigenvalue weighted by Crippen LogP contribution is 2.38. The summed E-state index contributed by atoms with van der Waals surface area (Å²) in [6.45, 7) is 2.16. The maximum Gasteiger partial charge on any atom is 0.255 e. The number of amides is 1. The van der Waals surface area contributed by atoms with E-state index >= 15 is 0 Å². The molecule has 1 saturated carbocycles. The van der Waals surface area contributed by atoms with Crippen molar-refractivity contribution in [3.05, 3.63) is 70.7 Å². The summed E-state index contributed by atoms with van der Waals surface area (Å²) in [5, 5.41) is 0. The maximum absolute atomic E-state index is 12.8. The second kappa shape index (κ2) is 6.93. The number of carbonyl (C=O) groups excluding carboxylic acids is 1. The van der Waals surface area contributed by atoms with E-state index in [1.165, 1.54) is 0 Å². The zero-order valence-corrected chi connectivity index (χ0v) is 15.8. The molecule has 6 heteroatoms. The first-order valence-electron chi connectivity index (χ1n) is 10.1. The minimum atomic E-state index is 0.0518. The fraction of sp³-hybridized carbons (Fsp3) is 0.409. The van der Waals surface area contributed by atoms with E-state index < -0.39 is 0 Å². The first kappa shape index (κ1) is 17.2. The summed E-state index contributed by atoms with van der Waals surface area (Å²) in [5.74, 6) is 1.00. The number of piperidine rings is 1. The standard InChI is InChI=1S/C22H24N4O2/c27-21-12-20(17-4-5-17)23-15-26(21)13-16-6-9-24(10-7-16)22(28)18-11-19-3-1-2-8-25(19)14-18/h1-3,8,11-12,14-17H,4-7,9-10,13H2. The topological polar surface area (TPSA) is 59.6 Å². The van der Waals surface area contributed by atoms with Crippen molar-refractivity contribution in [1.82, 2.24) is 18.9 Å². The number of carbonyl (C=O) groups is 1. The fourth-order valence-electron chi connectivity index (χ4n) is 4.13. The Morgan fingerprint density at radius 3 is 2.64 bits per heavy atom. The van der Waals surface area contributed by atoms with Crippen LogP contribution in [0.2, 0.25) is 0 Å². The molecule has 28 heavy (non-hydrogen) atoms. The number of nitrogens with zero attached hydrogens (tertiary/aromatic N) is 4. The van der Waals surface area contributed by atoms with Crippen LogP contribution in [0.3, 0.4) is 0 Å². The Labute approximate surface area is 163 Å². The highest BCUT2D eigenvalue weighted by Gasteiger charge is 2.27. The fourth-order valence-corrected chi connectivity index (χ4v) is 4.13. The van der Waals surface area contributed by atoms with Gasteiger partial charge < -0.3 is 9.30 Å². The van der Waals surface area contributed by atoms with Crippen molar-refractivity contribution in [1.29, 1.82) is 0 Å². The van der Waals surface area contributed by atoms with Crippen molar-refractivity contribution in [2.75, 3.05) is 13.1 Å². The van der Waals surface area contributed by atoms with Gasteiger partial charge in [0.05, 0.1) is 17.6 Å². The van der Waals surface area contributed by atoms with E-state index in [-0.39, 0.29) is 11.5 Å². The molecule has 3 aromatic heterocycles. The van der Waals surface area contributed by atoms with Crippen LogP contribution in [0.1, 0.15) is 47.7 Å². The van der Waals surface area contributed by atoms with Gasteiger partial charge in [-0.15, -0.1) is 0 Å². The van der Waals surface area contributed by atoms with Crippen LogP contribution in [0, 0.1) is 5.92 Å². The molecule has 1 amide bonds. The first-order valence-corrected chi connectivity index (χ1v) is 10.1. The summed E-state index contributed by atoms with van der Waals surface area (Å²) in [7, 11) is 0. The Hall–Kier alpha value is -2.89. The number of fused-ring (bicyclic) bond motifs is 1. The SMILES string of the molecule is O=C(c1cc2ccccn2c1)N1CCC(Cn2cnc(C3CC3)cc2=O)CC1. The summed E-state index contributed by atoms with van der Waals surface area (Å²) in [5.41, 5.74) is 2.76. The normalized spacial score (nSPS) is 17.9. The molecule has 6 nitrogen and oxygen atoms in total. The zero-order chi connectivity index (χ0) is 19.1. The van der Waals surface area contributed by atoms with Gasteiger partial charge in [0.2, 0.25) is 0 Å². The molecule has 2 aliphatic rings. The second-order valence-electron chi connectivity index (χ2n) is 8.08. The minimum absolute atomic E-state index is 0.0518. The summed E-state index contributed by atoms with van der Waals surface area (Å²) < 4.78 is 3.71. The highest BCUT2D eigenvalue weighted by atomic mass is 16.2. The Bertz CT molecular complexity index is 1040. The highest BCUT2D eigenvalue weighted by molar-refractivity contribution is 5.95. The van der Waals surface area contributed by atoms with Gasteiger partial charge in [-0.2, -0.15) is 0 Å². The smallest absolute Gasteiger partial charge is 0.255 e. The predicted molar refractivity (Wildman–Crippen MR) is 106 cm³/mol. The van der Waals surface area contributed by atoms with Crippen molar-refractivity contribution in [3.63, 3.8) is 0 Å². The zero-order valence-electron chi connectivity index (χ0n) is 15.8. The van der Waals surface area contributed by atoms with Gasteiger partial charge in [0.25, 0.3) is 11.5 Å². The maximum atomic E-state index is 12.8. The minimum Gasteiger partial charge on any atom is -0.339 e. The van der Waals surface area contributed by atoms with Gasteiger partial charge in [-0.1, -0.05) is 6.07 Å². The lowest BCUT2D eigenvalue weighted by atomic mass is 9.96. The molecule has 0 N–H and O–H groups in total. The quantitative estimate of drug-likeness (QED) is 0.703. The third-order valence-corrected chi connectivity index (χ3v) is 6.00. The van der Waals surface area contributed by atoms with Crippen LogP contribution in [0.4, 0.5) is 0 Å². The Morgan fingerprint density at radius 2 is 1.93 bits per heavy atom. The van der Waals surface area contributed by atoms with Crippen LogP contribution in [-0.2, 0) is 6.54 Å². The number of pyridine rings is 1. The molecule has 2 fully saturated rings. The van der Waals surface area contributed by atoms with E-state index in [1.807, 2.05) is 46.0 Å². The van der Waals surface area contributed by atoms with Crippen molar-refractivity contribution >= 4 is 11.4 Å². The number of rotatable bonds is 4. The molecule has 0 radical (unpaired) electrons. The molecular weight excluding hydrogens is 352 g/mol. The predicted octanol–water partition coefficient (Wildman–Crippen LogP) is 2.93. The van der Waals surface area contributed by atoms with Crippen LogP contribution >= 0.6 is 0 Å². The summed E-state index contributed by atoms with van der Waals surface area (Å²) in [6, 6.07) is 9.59. The largest absolute Gasteiger partial charge is 0.339 e. The van der Waals surface area contributed by atoms with Crippen LogP contribution in [-0.4, -0.2) is 37.8 Å². The molecule has 0 aromatic carbocycles. The van der Waals surface area contributed by atoms with Gasteiger partial charge in [0, 0.05) is 49.5 Å². The molecule has 1 saturated heterocycles. The lowest BCUT2D eigenvalue weighted by Gasteiger charge is -2.32. The number of aromatic nitrogens is 3. The van der Waals surface area contributed by atoms with E-state index in [4.69, 9.17) is 0 Å². The van der Waals surface area contributed by atoms with Gasteiger partial charge >= 0.3 is 0 Å². The molecule has 5 rings (SSSR count). The molecule has 0 atom stereocenters. The molecule has 0 bridgehead atoms. The molecule has 3 aromatic rings. The van der Waals surface area contributed by atoms with E-state index in [9.17, 15) is 9.59 Å². The number of hydrogen-bond acceptors (Lipinski definition) is 3. The molecule has 1 aliphatic carbocycles. The molecule has 4 heterocycles. The Kier molecular flexibility index (Phi) is 4.26. The molecule has 1 aliphatic heterocycles. The molecular formula is C22H24N4O2. The first-order chi connectivity index (χ1) is 13.7. The van der Waals surface area contributed by atoms with Crippen LogP contribution in [0.25, 0.3) is 5.52 Å². The summed E-state index contributed by atoms with van der Waals surface area (Å²) in [4.78, 5) is 31.6. The van der Waals surface area contributed by atoms with Crippen molar-refractivity contribution in [3.8, 4) is 0 Å². The Balaban J connectivity index is 1.21. The lowest BCUT2D eigenvalue weighted by Crippen LogP contribution is -2.40. The van der Waals surface area contributed by atoms with Crippen LogP contribution in [0.15, 0.2) is 53.8 Å². The van der Waals surface area contributed by atoms with Crippen molar-refractivity contribution < 1.29 is 4.79 Å². The third-order valence-electron chi connectivity index (χ3n) is 6.00. The average molecular weight is 376 g/mol. The molecule has 0 unspecified atom stereocenters. The van der Waals surface area contributed by atoms with E-state index in [1.54, 1.807) is 17.0 Å². The molecule has 144 valence electrons. The summed E-state index contributed by atoms with van der Waals surface area (Å²) in [6.07, 6.45) is 9.70. The van der Waals surface area contributed by atoms with Gasteiger partial charge in [0.1, 0.15) is 0 Å². The van der Waals surface area contributed by atoms with Gasteiger partial charge in [-0.3, -0.25) is 14.2 Å².